The maximum Gasteiger partial charge on any atom is 0.331 e. The predicted molar refractivity (Wildman–Crippen MR) is 125 cm³/mol. The summed E-state index contributed by atoms with van der Waals surface area (Å²) in [4.78, 5) is 25.9. The molecule has 4 bridgehead atoms. The number of hydrogen-bond donors (Lipinski definition) is 3. The number of carbonyl (C=O) groups is 2. The molecule has 3 aliphatic rings. The summed E-state index contributed by atoms with van der Waals surface area (Å²) in [7, 11) is 0. The second-order valence-electron chi connectivity index (χ2n) is 11.2. The SMILES string of the molecule is C/C(=C/C(=O)O[C@@H]1[C@H](C)C[C@H]2O[C@]1(O)[C@@H](O)[C@@]1(C)CC[C@H](O1)C(C)(C)/C=C\[C@H](C)C2=O)C(C)O. The molecule has 8 nitrogen and oxygen atoms in total. The van der Waals surface area contributed by atoms with E-state index in [4.69, 9.17) is 14.2 Å². The number of Topliss-reactive ketones (excluding diaryl/α,β-unsaturated/α-hetero) is 1. The standard InChI is InChI=1S/C26H40O8/c1-14-8-10-24(5,6)19-9-11-25(7,34-19)23(30)26(31)22(16(3)12-18(33-26)21(14)29)32-20(28)13-15(2)17(4)27/h8,10,13-14,16-19,22-23,27,30-31H,9,11-12H2,1-7H3/b10-8-,15-13-/t14-,16+,17?,18+,19-,22+,23-,25+,26-/m0/s1. The number of ketones is 1. The summed E-state index contributed by atoms with van der Waals surface area (Å²) >= 11 is 0. The number of fused-ring (bicyclic) bond motifs is 4. The lowest BCUT2D eigenvalue weighted by Gasteiger charge is -2.51. The van der Waals surface area contributed by atoms with Crippen molar-refractivity contribution in [1.29, 1.82) is 0 Å². The molecule has 0 aliphatic carbocycles. The Labute approximate surface area is 202 Å². The maximum atomic E-state index is 13.2. The minimum atomic E-state index is -2.36. The van der Waals surface area contributed by atoms with Gasteiger partial charge in [-0.3, -0.25) is 4.79 Å². The first kappa shape index (κ1) is 27.0. The molecule has 3 aliphatic heterocycles. The average molecular weight is 481 g/mol. The molecular formula is C26H40O8. The molecule has 8 heteroatoms. The molecule has 0 spiro atoms. The van der Waals surface area contributed by atoms with Crippen LogP contribution in [0.15, 0.2) is 23.8 Å². The van der Waals surface area contributed by atoms with Gasteiger partial charge in [-0.2, -0.15) is 0 Å². The van der Waals surface area contributed by atoms with E-state index < -0.39 is 59.0 Å². The number of aliphatic hydroxyl groups is 3. The fourth-order valence-corrected chi connectivity index (χ4v) is 5.18. The third-order valence-corrected chi connectivity index (χ3v) is 7.78. The Kier molecular flexibility index (Phi) is 7.52. The molecule has 1 unspecified atom stereocenters. The first-order valence-corrected chi connectivity index (χ1v) is 12.2. The average Bonchev–Trinajstić information content (AvgIpc) is 3.17. The van der Waals surface area contributed by atoms with E-state index in [1.807, 2.05) is 26.0 Å². The highest BCUT2D eigenvalue weighted by Gasteiger charge is 2.62. The summed E-state index contributed by atoms with van der Waals surface area (Å²) in [5, 5.41) is 33.0. The van der Waals surface area contributed by atoms with Gasteiger partial charge in [0.2, 0.25) is 5.79 Å². The number of esters is 1. The molecular weight excluding hydrogens is 440 g/mol. The number of aliphatic hydroxyl groups excluding tert-OH is 2. The molecule has 3 N–H and O–H groups in total. The van der Waals surface area contributed by atoms with Crippen LogP contribution in [0.25, 0.3) is 0 Å². The highest BCUT2D eigenvalue weighted by Crippen LogP contribution is 2.48. The van der Waals surface area contributed by atoms with E-state index in [-0.39, 0.29) is 18.3 Å². The van der Waals surface area contributed by atoms with E-state index in [0.29, 0.717) is 18.4 Å². The van der Waals surface area contributed by atoms with E-state index in [1.54, 1.807) is 27.7 Å². The second kappa shape index (κ2) is 9.47. The molecule has 3 heterocycles. The van der Waals surface area contributed by atoms with Crippen LogP contribution < -0.4 is 0 Å². The van der Waals surface area contributed by atoms with Crippen LogP contribution >= 0.6 is 0 Å². The predicted octanol–water partition coefficient (Wildman–Crippen LogP) is 2.44. The highest BCUT2D eigenvalue weighted by atomic mass is 16.7. The number of carbonyl (C=O) groups excluding carboxylic acids is 2. The minimum absolute atomic E-state index is 0.210. The number of allylic oxidation sites excluding steroid dienone is 1. The van der Waals surface area contributed by atoms with E-state index in [9.17, 15) is 24.9 Å². The summed E-state index contributed by atoms with van der Waals surface area (Å²) in [5.41, 5.74) is -1.19. The summed E-state index contributed by atoms with van der Waals surface area (Å²) in [6.45, 7) is 12.4. The van der Waals surface area contributed by atoms with Crippen LogP contribution in [0.3, 0.4) is 0 Å². The molecule has 0 amide bonds. The first-order valence-electron chi connectivity index (χ1n) is 12.2. The van der Waals surface area contributed by atoms with Gasteiger partial charge in [0.1, 0.15) is 12.2 Å². The number of hydrogen-bond acceptors (Lipinski definition) is 8. The molecule has 34 heavy (non-hydrogen) atoms. The minimum Gasteiger partial charge on any atom is -0.453 e. The van der Waals surface area contributed by atoms with Crippen molar-refractivity contribution in [2.24, 2.45) is 17.3 Å². The van der Waals surface area contributed by atoms with Gasteiger partial charge in [-0.05, 0) is 45.6 Å². The van der Waals surface area contributed by atoms with Crippen molar-refractivity contribution in [3.05, 3.63) is 23.8 Å². The molecule has 0 radical (unpaired) electrons. The number of ether oxygens (including phenoxy) is 3. The van der Waals surface area contributed by atoms with Crippen molar-refractivity contribution in [2.75, 3.05) is 0 Å². The molecule has 2 saturated heterocycles. The zero-order chi connectivity index (χ0) is 25.6. The Morgan fingerprint density at radius 3 is 2.53 bits per heavy atom. The highest BCUT2D eigenvalue weighted by molar-refractivity contribution is 5.87. The van der Waals surface area contributed by atoms with Gasteiger partial charge in [0.15, 0.2) is 11.9 Å². The van der Waals surface area contributed by atoms with Gasteiger partial charge in [0.05, 0.1) is 17.8 Å². The van der Waals surface area contributed by atoms with Crippen LogP contribution in [-0.4, -0.2) is 69.0 Å². The fraction of sp³-hybridized carbons (Fsp3) is 0.769. The number of rotatable bonds is 3. The van der Waals surface area contributed by atoms with Gasteiger partial charge in [-0.25, -0.2) is 4.79 Å². The van der Waals surface area contributed by atoms with E-state index >= 15 is 0 Å². The van der Waals surface area contributed by atoms with Crippen LogP contribution in [-0.2, 0) is 23.8 Å². The van der Waals surface area contributed by atoms with Crippen LogP contribution in [0, 0.1) is 17.3 Å². The summed E-state index contributed by atoms with van der Waals surface area (Å²) < 4.78 is 17.9. The largest absolute Gasteiger partial charge is 0.453 e. The molecule has 0 aromatic heterocycles. The summed E-state index contributed by atoms with van der Waals surface area (Å²) in [6.07, 6.45) is 1.38. The van der Waals surface area contributed by atoms with Gasteiger partial charge in [-0.1, -0.05) is 39.8 Å². The van der Waals surface area contributed by atoms with Crippen LogP contribution in [0.5, 0.6) is 0 Å². The normalized spacial score (nSPS) is 44.5. The van der Waals surface area contributed by atoms with Gasteiger partial charge in [0, 0.05) is 23.3 Å². The monoisotopic (exact) mass is 480 g/mol. The molecule has 192 valence electrons. The lowest BCUT2D eigenvalue weighted by Crippen LogP contribution is -2.68. The van der Waals surface area contributed by atoms with Gasteiger partial charge >= 0.3 is 5.97 Å². The van der Waals surface area contributed by atoms with Crippen LogP contribution in [0.4, 0.5) is 0 Å². The van der Waals surface area contributed by atoms with Crippen LogP contribution in [0.2, 0.25) is 0 Å². The Morgan fingerprint density at radius 2 is 1.91 bits per heavy atom. The zero-order valence-electron chi connectivity index (χ0n) is 21.3. The maximum absolute atomic E-state index is 13.2. The topological polar surface area (TPSA) is 123 Å². The van der Waals surface area contributed by atoms with E-state index in [2.05, 4.69) is 0 Å². The molecule has 3 rings (SSSR count). The van der Waals surface area contributed by atoms with Crippen molar-refractivity contribution >= 4 is 11.8 Å². The van der Waals surface area contributed by atoms with Gasteiger partial charge in [-0.15, -0.1) is 0 Å². The van der Waals surface area contributed by atoms with Gasteiger partial charge in [0.25, 0.3) is 0 Å². The van der Waals surface area contributed by atoms with Crippen molar-refractivity contribution in [1.82, 2.24) is 0 Å². The van der Waals surface area contributed by atoms with Crippen molar-refractivity contribution in [3.63, 3.8) is 0 Å². The Balaban J connectivity index is 2.04. The fourth-order valence-electron chi connectivity index (χ4n) is 5.18. The molecule has 2 fully saturated rings. The van der Waals surface area contributed by atoms with Crippen molar-refractivity contribution in [3.8, 4) is 0 Å². The second-order valence-corrected chi connectivity index (χ2v) is 11.2. The molecule has 9 atom stereocenters. The Morgan fingerprint density at radius 1 is 1.26 bits per heavy atom. The Hall–Kier alpha value is -1.58. The summed E-state index contributed by atoms with van der Waals surface area (Å²) in [5.74, 6) is -4.32. The summed E-state index contributed by atoms with van der Waals surface area (Å²) in [6, 6.07) is 0. The van der Waals surface area contributed by atoms with Gasteiger partial charge < -0.3 is 29.5 Å². The first-order chi connectivity index (χ1) is 15.6. The van der Waals surface area contributed by atoms with E-state index in [0.717, 1.165) is 6.08 Å². The quantitative estimate of drug-likeness (QED) is 0.320. The smallest absolute Gasteiger partial charge is 0.331 e. The van der Waals surface area contributed by atoms with Crippen LogP contribution in [0.1, 0.15) is 67.7 Å². The third kappa shape index (κ3) is 5.02. The Bertz CT molecular complexity index is 861. The van der Waals surface area contributed by atoms with Crippen molar-refractivity contribution in [2.45, 2.75) is 110 Å². The van der Waals surface area contributed by atoms with Crippen molar-refractivity contribution < 1.29 is 39.1 Å². The third-order valence-electron chi connectivity index (χ3n) is 7.78. The zero-order valence-corrected chi connectivity index (χ0v) is 21.3. The molecule has 0 aromatic carbocycles. The lowest BCUT2D eigenvalue weighted by molar-refractivity contribution is -0.363. The molecule has 0 saturated carbocycles. The molecule has 0 aromatic rings. The lowest BCUT2D eigenvalue weighted by atomic mass is 9.78. The van der Waals surface area contributed by atoms with E-state index in [1.165, 1.54) is 6.92 Å².